The van der Waals surface area contributed by atoms with Crippen LogP contribution in [0.2, 0.25) is 0 Å². The lowest BCUT2D eigenvalue weighted by atomic mass is 10.2. The summed E-state index contributed by atoms with van der Waals surface area (Å²) in [6, 6.07) is 13.8. The summed E-state index contributed by atoms with van der Waals surface area (Å²) in [6.07, 6.45) is 1.75. The number of benzene rings is 1. The lowest BCUT2D eigenvalue weighted by Crippen LogP contribution is -1.79. The summed E-state index contributed by atoms with van der Waals surface area (Å²) in [4.78, 5) is 4.14. The van der Waals surface area contributed by atoms with Crippen molar-refractivity contribution < 1.29 is 0 Å². The van der Waals surface area contributed by atoms with Crippen LogP contribution in [0.1, 0.15) is 11.3 Å². The predicted molar refractivity (Wildman–Crippen MR) is 69.4 cm³/mol. The van der Waals surface area contributed by atoms with E-state index in [4.69, 9.17) is 0 Å². The summed E-state index contributed by atoms with van der Waals surface area (Å²) in [5, 5.41) is 0. The van der Waals surface area contributed by atoms with Crippen LogP contribution in [0.25, 0.3) is 0 Å². The van der Waals surface area contributed by atoms with Crippen LogP contribution in [0, 0.1) is 15.4 Å². The predicted octanol–water partition coefficient (Wildman–Crippen LogP) is 3.09. The molecular formula is C13H8IN. The van der Waals surface area contributed by atoms with Crippen molar-refractivity contribution in [3.8, 4) is 11.8 Å². The van der Waals surface area contributed by atoms with Crippen LogP contribution in [0.15, 0.2) is 48.7 Å². The minimum atomic E-state index is 0.802. The Morgan fingerprint density at radius 1 is 0.933 bits per heavy atom. The molecule has 0 aliphatic heterocycles. The van der Waals surface area contributed by atoms with Gasteiger partial charge in [-0.25, -0.2) is 4.98 Å². The highest BCUT2D eigenvalue weighted by atomic mass is 127. The molecule has 2 rings (SSSR count). The van der Waals surface area contributed by atoms with Crippen molar-refractivity contribution in [2.75, 3.05) is 0 Å². The summed E-state index contributed by atoms with van der Waals surface area (Å²) in [5.41, 5.74) is 1.82. The molecule has 0 amide bonds. The Kier molecular flexibility index (Phi) is 3.36. The van der Waals surface area contributed by atoms with Crippen LogP contribution in [0.4, 0.5) is 0 Å². The topological polar surface area (TPSA) is 12.9 Å². The van der Waals surface area contributed by atoms with Crippen molar-refractivity contribution >= 4 is 22.6 Å². The Labute approximate surface area is 103 Å². The van der Waals surface area contributed by atoms with Gasteiger partial charge in [-0.05, 0) is 64.9 Å². The number of halogens is 1. The first-order valence-electron chi connectivity index (χ1n) is 4.53. The van der Waals surface area contributed by atoms with Crippen molar-refractivity contribution in [3.63, 3.8) is 0 Å². The molecule has 72 valence electrons. The quantitative estimate of drug-likeness (QED) is 0.538. The minimum absolute atomic E-state index is 0.802. The molecule has 2 heteroatoms. The number of aromatic nitrogens is 1. The molecule has 0 bridgehead atoms. The van der Waals surface area contributed by atoms with Gasteiger partial charge in [-0.3, -0.25) is 0 Å². The number of rotatable bonds is 0. The van der Waals surface area contributed by atoms with Crippen LogP contribution in [0.3, 0.4) is 0 Å². The lowest BCUT2D eigenvalue weighted by molar-refractivity contribution is 1.29. The Hall–Kier alpha value is -1.34. The lowest BCUT2D eigenvalue weighted by Gasteiger charge is -1.90. The molecule has 15 heavy (non-hydrogen) atoms. The van der Waals surface area contributed by atoms with Crippen molar-refractivity contribution in [3.05, 3.63) is 63.5 Å². The standard InChI is InChI=1S/C13H8IN/c14-12-7-4-11(5-8-12)6-9-13-3-1-2-10-15-13/h1-5,7-8,10H. The average molecular weight is 305 g/mol. The molecule has 0 saturated carbocycles. The summed E-state index contributed by atoms with van der Waals surface area (Å²) in [5.74, 6) is 6.09. The van der Waals surface area contributed by atoms with Crippen molar-refractivity contribution in [1.29, 1.82) is 0 Å². The van der Waals surface area contributed by atoms with E-state index in [9.17, 15) is 0 Å². The van der Waals surface area contributed by atoms with E-state index in [0.29, 0.717) is 0 Å². The molecule has 0 aliphatic rings. The first kappa shape index (κ1) is 10.2. The molecular weight excluding hydrogens is 297 g/mol. The van der Waals surface area contributed by atoms with E-state index in [1.165, 1.54) is 3.57 Å². The fourth-order valence-corrected chi connectivity index (χ4v) is 1.47. The van der Waals surface area contributed by atoms with Crippen molar-refractivity contribution in [2.45, 2.75) is 0 Å². The fraction of sp³-hybridized carbons (Fsp3) is 0. The molecule has 0 atom stereocenters. The Bertz CT molecular complexity index is 492. The number of hydrogen-bond acceptors (Lipinski definition) is 1. The second-order valence-corrected chi connectivity index (χ2v) is 4.22. The van der Waals surface area contributed by atoms with Crippen molar-refractivity contribution in [2.24, 2.45) is 0 Å². The Balaban J connectivity index is 2.22. The highest BCUT2D eigenvalue weighted by Gasteiger charge is 1.87. The van der Waals surface area contributed by atoms with Gasteiger partial charge in [-0.1, -0.05) is 12.0 Å². The molecule has 2 aromatic rings. The van der Waals surface area contributed by atoms with E-state index in [0.717, 1.165) is 11.3 Å². The van der Waals surface area contributed by atoms with Gasteiger partial charge in [0.25, 0.3) is 0 Å². The van der Waals surface area contributed by atoms with Crippen molar-refractivity contribution in [1.82, 2.24) is 4.98 Å². The highest BCUT2D eigenvalue weighted by molar-refractivity contribution is 14.1. The van der Waals surface area contributed by atoms with E-state index in [1.807, 2.05) is 42.5 Å². The maximum absolute atomic E-state index is 4.14. The monoisotopic (exact) mass is 305 g/mol. The zero-order valence-electron chi connectivity index (χ0n) is 7.94. The van der Waals surface area contributed by atoms with Crippen LogP contribution in [-0.2, 0) is 0 Å². The van der Waals surface area contributed by atoms with Gasteiger partial charge in [0.15, 0.2) is 0 Å². The smallest absolute Gasteiger partial charge is 0.113 e. The van der Waals surface area contributed by atoms with Gasteiger partial charge >= 0.3 is 0 Å². The maximum Gasteiger partial charge on any atom is 0.113 e. The van der Waals surface area contributed by atoms with Gasteiger partial charge in [0, 0.05) is 15.3 Å². The summed E-state index contributed by atoms with van der Waals surface area (Å²) >= 11 is 2.28. The largest absolute Gasteiger partial charge is 0.248 e. The van der Waals surface area contributed by atoms with E-state index in [2.05, 4.69) is 39.4 Å². The van der Waals surface area contributed by atoms with E-state index >= 15 is 0 Å². The van der Waals surface area contributed by atoms with E-state index in [-0.39, 0.29) is 0 Å². The number of nitrogens with zero attached hydrogens (tertiary/aromatic N) is 1. The SMILES string of the molecule is Ic1ccc(C#Cc2ccccn2)cc1. The van der Waals surface area contributed by atoms with Gasteiger partial charge in [0.2, 0.25) is 0 Å². The van der Waals surface area contributed by atoms with Crippen LogP contribution < -0.4 is 0 Å². The maximum atomic E-state index is 4.14. The first-order chi connectivity index (χ1) is 7.34. The number of hydrogen-bond donors (Lipinski definition) is 0. The fourth-order valence-electron chi connectivity index (χ4n) is 1.11. The highest BCUT2D eigenvalue weighted by Crippen LogP contribution is 2.05. The van der Waals surface area contributed by atoms with E-state index < -0.39 is 0 Å². The van der Waals surface area contributed by atoms with E-state index in [1.54, 1.807) is 6.20 Å². The third-order valence-electron chi connectivity index (χ3n) is 1.84. The third kappa shape index (κ3) is 3.07. The van der Waals surface area contributed by atoms with Gasteiger partial charge in [0.05, 0.1) is 0 Å². The molecule has 1 heterocycles. The average Bonchev–Trinajstić information content (AvgIpc) is 2.30. The summed E-state index contributed by atoms with van der Waals surface area (Å²) in [7, 11) is 0. The Morgan fingerprint density at radius 3 is 2.40 bits per heavy atom. The van der Waals surface area contributed by atoms with Crippen LogP contribution in [0.5, 0.6) is 0 Å². The molecule has 0 spiro atoms. The van der Waals surface area contributed by atoms with Crippen LogP contribution in [-0.4, -0.2) is 4.98 Å². The zero-order chi connectivity index (χ0) is 10.5. The molecule has 1 nitrogen and oxygen atoms in total. The summed E-state index contributed by atoms with van der Waals surface area (Å²) in [6.45, 7) is 0. The molecule has 1 aromatic heterocycles. The van der Waals surface area contributed by atoms with Gasteiger partial charge in [-0.15, -0.1) is 0 Å². The zero-order valence-corrected chi connectivity index (χ0v) is 10.1. The molecule has 0 N–H and O–H groups in total. The summed E-state index contributed by atoms with van der Waals surface area (Å²) < 4.78 is 1.22. The second kappa shape index (κ2) is 4.94. The van der Waals surface area contributed by atoms with Gasteiger partial charge in [0.1, 0.15) is 5.69 Å². The molecule has 0 aliphatic carbocycles. The second-order valence-electron chi connectivity index (χ2n) is 2.97. The Morgan fingerprint density at radius 2 is 1.73 bits per heavy atom. The molecule has 0 unspecified atom stereocenters. The normalized spacial score (nSPS) is 9.13. The van der Waals surface area contributed by atoms with Gasteiger partial charge < -0.3 is 0 Å². The molecule has 0 saturated heterocycles. The molecule has 0 fully saturated rings. The first-order valence-corrected chi connectivity index (χ1v) is 5.61. The minimum Gasteiger partial charge on any atom is -0.248 e. The third-order valence-corrected chi connectivity index (χ3v) is 2.56. The van der Waals surface area contributed by atoms with Crippen LogP contribution >= 0.6 is 22.6 Å². The molecule has 1 aromatic carbocycles. The number of pyridine rings is 1. The van der Waals surface area contributed by atoms with Gasteiger partial charge in [-0.2, -0.15) is 0 Å². The molecule has 0 radical (unpaired) electrons.